The van der Waals surface area contributed by atoms with E-state index in [2.05, 4.69) is 22.5 Å². The number of nitrogens with one attached hydrogen (secondary N) is 2. The van der Waals surface area contributed by atoms with E-state index in [1.165, 1.54) is 0 Å². The molecule has 0 aliphatic carbocycles. The highest BCUT2D eigenvalue weighted by atomic mass is 16.1. The van der Waals surface area contributed by atoms with Gasteiger partial charge in [0.1, 0.15) is 0 Å². The molecule has 1 rings (SSSR count). The lowest BCUT2D eigenvalue weighted by Crippen LogP contribution is -2.41. The first kappa shape index (κ1) is 13.5. The first-order valence-corrected chi connectivity index (χ1v) is 6.22. The number of rotatable bonds is 5. The number of piperidine rings is 1. The highest BCUT2D eigenvalue weighted by Gasteiger charge is 2.17. The quantitative estimate of drug-likeness (QED) is 0.716. The molecule has 0 saturated carbocycles. The summed E-state index contributed by atoms with van der Waals surface area (Å²) >= 11 is 0. The molecule has 1 amide bonds. The van der Waals surface area contributed by atoms with Crippen LogP contribution in [0.3, 0.4) is 0 Å². The van der Waals surface area contributed by atoms with Gasteiger partial charge in [0.15, 0.2) is 0 Å². The molecule has 0 aromatic rings. The molecule has 0 aromatic carbocycles. The van der Waals surface area contributed by atoms with Crippen molar-refractivity contribution in [1.29, 1.82) is 0 Å². The number of amides is 1. The van der Waals surface area contributed by atoms with Crippen LogP contribution in [-0.2, 0) is 4.79 Å². The summed E-state index contributed by atoms with van der Waals surface area (Å²) in [7, 11) is 4.05. The SMILES string of the molecule is CC(CN(C)C)NC(=O)CC1CCNCC1. The van der Waals surface area contributed by atoms with Crippen LogP contribution >= 0.6 is 0 Å². The van der Waals surface area contributed by atoms with E-state index in [1.807, 2.05) is 14.1 Å². The largest absolute Gasteiger partial charge is 0.352 e. The van der Waals surface area contributed by atoms with Crippen LogP contribution in [0.15, 0.2) is 0 Å². The van der Waals surface area contributed by atoms with E-state index in [1.54, 1.807) is 0 Å². The predicted molar refractivity (Wildman–Crippen MR) is 66.4 cm³/mol. The average Bonchev–Trinajstić information content (AvgIpc) is 2.17. The average molecular weight is 227 g/mol. The van der Waals surface area contributed by atoms with Gasteiger partial charge in [-0.25, -0.2) is 0 Å². The Morgan fingerprint density at radius 1 is 1.44 bits per heavy atom. The molecule has 16 heavy (non-hydrogen) atoms. The van der Waals surface area contributed by atoms with Gasteiger partial charge in [-0.15, -0.1) is 0 Å². The number of nitrogens with zero attached hydrogens (tertiary/aromatic N) is 1. The van der Waals surface area contributed by atoms with Crippen LogP contribution in [0.2, 0.25) is 0 Å². The van der Waals surface area contributed by atoms with Crippen LogP contribution in [0.5, 0.6) is 0 Å². The summed E-state index contributed by atoms with van der Waals surface area (Å²) in [6, 6.07) is 0.240. The maximum atomic E-state index is 11.8. The van der Waals surface area contributed by atoms with Crippen LogP contribution in [-0.4, -0.2) is 50.6 Å². The molecule has 0 bridgehead atoms. The number of carbonyl (C=O) groups excluding carboxylic acids is 1. The summed E-state index contributed by atoms with van der Waals surface area (Å²) in [5.74, 6) is 0.786. The molecule has 1 atom stereocenters. The topological polar surface area (TPSA) is 44.4 Å². The summed E-state index contributed by atoms with van der Waals surface area (Å²) in [6.45, 7) is 5.08. The summed E-state index contributed by atoms with van der Waals surface area (Å²) in [5, 5.41) is 6.37. The zero-order valence-electron chi connectivity index (χ0n) is 10.8. The summed E-state index contributed by atoms with van der Waals surface area (Å²) in [6.07, 6.45) is 2.96. The molecular weight excluding hydrogens is 202 g/mol. The number of carbonyl (C=O) groups is 1. The van der Waals surface area contributed by atoms with Gasteiger partial charge in [0.25, 0.3) is 0 Å². The lowest BCUT2D eigenvalue weighted by molar-refractivity contribution is -0.122. The van der Waals surface area contributed by atoms with Gasteiger partial charge >= 0.3 is 0 Å². The van der Waals surface area contributed by atoms with Gasteiger partial charge < -0.3 is 15.5 Å². The molecule has 94 valence electrons. The summed E-state index contributed by atoms with van der Waals surface area (Å²) in [5.41, 5.74) is 0. The minimum absolute atomic E-state index is 0.209. The van der Waals surface area contributed by atoms with Crippen LogP contribution in [0.1, 0.15) is 26.2 Å². The number of likely N-dealkylation sites (N-methyl/N-ethyl adjacent to an activating group) is 1. The molecule has 1 aliphatic heterocycles. The van der Waals surface area contributed by atoms with Crippen LogP contribution in [0, 0.1) is 5.92 Å². The predicted octanol–water partition coefficient (Wildman–Crippen LogP) is 0.442. The lowest BCUT2D eigenvalue weighted by atomic mass is 9.94. The molecule has 2 N–H and O–H groups in total. The maximum absolute atomic E-state index is 11.8. The molecular formula is C12H25N3O. The lowest BCUT2D eigenvalue weighted by Gasteiger charge is -2.23. The second-order valence-corrected chi connectivity index (χ2v) is 5.13. The number of hydrogen-bond donors (Lipinski definition) is 2. The molecule has 4 heteroatoms. The molecule has 1 saturated heterocycles. The molecule has 4 nitrogen and oxygen atoms in total. The van der Waals surface area contributed by atoms with Crippen molar-refractivity contribution in [3.05, 3.63) is 0 Å². The minimum atomic E-state index is 0.209. The Hall–Kier alpha value is -0.610. The fourth-order valence-electron chi connectivity index (χ4n) is 2.28. The standard InChI is InChI=1S/C12H25N3O/c1-10(9-15(2)3)14-12(16)8-11-4-6-13-7-5-11/h10-11,13H,4-9H2,1-3H3,(H,14,16). The Morgan fingerprint density at radius 2 is 2.06 bits per heavy atom. The second-order valence-electron chi connectivity index (χ2n) is 5.13. The third-order valence-electron chi connectivity index (χ3n) is 2.98. The van der Waals surface area contributed by atoms with Crippen molar-refractivity contribution in [1.82, 2.24) is 15.5 Å². The molecule has 1 aliphatic rings. The van der Waals surface area contributed by atoms with Crippen molar-refractivity contribution < 1.29 is 4.79 Å². The fourth-order valence-corrected chi connectivity index (χ4v) is 2.28. The van der Waals surface area contributed by atoms with E-state index in [9.17, 15) is 4.79 Å². The van der Waals surface area contributed by atoms with Gasteiger partial charge in [-0.05, 0) is 52.9 Å². The van der Waals surface area contributed by atoms with Crippen LogP contribution < -0.4 is 10.6 Å². The number of hydrogen-bond acceptors (Lipinski definition) is 3. The first-order chi connectivity index (χ1) is 7.58. The Morgan fingerprint density at radius 3 is 2.62 bits per heavy atom. The van der Waals surface area contributed by atoms with Crippen molar-refractivity contribution in [2.45, 2.75) is 32.2 Å². The minimum Gasteiger partial charge on any atom is -0.352 e. The van der Waals surface area contributed by atoms with Gasteiger partial charge in [0, 0.05) is 19.0 Å². The monoisotopic (exact) mass is 227 g/mol. The molecule has 1 unspecified atom stereocenters. The van der Waals surface area contributed by atoms with E-state index in [-0.39, 0.29) is 11.9 Å². The van der Waals surface area contributed by atoms with Gasteiger partial charge in [-0.1, -0.05) is 0 Å². The van der Waals surface area contributed by atoms with Gasteiger partial charge in [-0.3, -0.25) is 4.79 Å². The van der Waals surface area contributed by atoms with E-state index in [0.717, 1.165) is 32.5 Å². The van der Waals surface area contributed by atoms with Crippen molar-refractivity contribution in [2.24, 2.45) is 5.92 Å². The summed E-state index contributed by atoms with van der Waals surface area (Å²) < 4.78 is 0. The van der Waals surface area contributed by atoms with E-state index >= 15 is 0 Å². The zero-order valence-corrected chi connectivity index (χ0v) is 10.8. The first-order valence-electron chi connectivity index (χ1n) is 6.22. The fraction of sp³-hybridized carbons (Fsp3) is 0.917. The third kappa shape index (κ3) is 5.47. The van der Waals surface area contributed by atoms with Crippen molar-refractivity contribution in [3.63, 3.8) is 0 Å². The van der Waals surface area contributed by atoms with Crippen molar-refractivity contribution in [2.75, 3.05) is 33.7 Å². The van der Waals surface area contributed by atoms with Crippen LogP contribution in [0.25, 0.3) is 0 Å². The highest BCUT2D eigenvalue weighted by Crippen LogP contribution is 2.15. The maximum Gasteiger partial charge on any atom is 0.220 e. The van der Waals surface area contributed by atoms with Gasteiger partial charge in [-0.2, -0.15) is 0 Å². The Labute approximate surface area is 98.8 Å². The Bertz CT molecular complexity index is 212. The third-order valence-corrected chi connectivity index (χ3v) is 2.98. The molecule has 1 heterocycles. The summed E-state index contributed by atoms with van der Waals surface area (Å²) in [4.78, 5) is 13.8. The van der Waals surface area contributed by atoms with E-state index in [4.69, 9.17) is 0 Å². The van der Waals surface area contributed by atoms with Gasteiger partial charge in [0.2, 0.25) is 5.91 Å². The van der Waals surface area contributed by atoms with Gasteiger partial charge in [0.05, 0.1) is 0 Å². The van der Waals surface area contributed by atoms with Crippen LogP contribution in [0.4, 0.5) is 0 Å². The Kier molecular flexibility index (Phi) is 5.77. The smallest absolute Gasteiger partial charge is 0.220 e. The van der Waals surface area contributed by atoms with Crippen molar-refractivity contribution >= 4 is 5.91 Å². The molecule has 0 spiro atoms. The highest BCUT2D eigenvalue weighted by molar-refractivity contribution is 5.76. The normalized spacial score (nSPS) is 19.8. The zero-order chi connectivity index (χ0) is 12.0. The molecule has 0 radical (unpaired) electrons. The molecule has 1 fully saturated rings. The van der Waals surface area contributed by atoms with E-state index < -0.39 is 0 Å². The Balaban J connectivity index is 2.18. The molecule has 0 aromatic heterocycles. The van der Waals surface area contributed by atoms with Crippen molar-refractivity contribution in [3.8, 4) is 0 Å². The second kappa shape index (κ2) is 6.86. The van der Waals surface area contributed by atoms with E-state index in [0.29, 0.717) is 12.3 Å².